The summed E-state index contributed by atoms with van der Waals surface area (Å²) in [5.41, 5.74) is 1.07. The zero-order valence-corrected chi connectivity index (χ0v) is 15.1. The van der Waals surface area contributed by atoms with Crippen LogP contribution in [0.25, 0.3) is 0 Å². The number of carbonyl (C=O) groups excluding carboxylic acids is 3. The van der Waals surface area contributed by atoms with Crippen LogP contribution < -0.4 is 10.6 Å². The first-order chi connectivity index (χ1) is 12.6. The number of benzene rings is 1. The third kappa shape index (κ3) is 4.84. The van der Waals surface area contributed by atoms with Crippen LogP contribution in [0.3, 0.4) is 0 Å². The number of imide groups is 1. The van der Waals surface area contributed by atoms with Crippen LogP contribution in [-0.2, 0) is 16.0 Å². The highest BCUT2D eigenvalue weighted by molar-refractivity contribution is 6.05. The Hall–Kier alpha value is -2.37. The summed E-state index contributed by atoms with van der Waals surface area (Å²) < 4.78 is 0. The topological polar surface area (TPSA) is 78.5 Å². The molecule has 0 aromatic heterocycles. The molecule has 4 amide bonds. The van der Waals surface area contributed by atoms with E-state index in [1.165, 1.54) is 17.7 Å². The van der Waals surface area contributed by atoms with Crippen molar-refractivity contribution in [1.82, 2.24) is 15.5 Å². The van der Waals surface area contributed by atoms with Gasteiger partial charge in [0, 0.05) is 12.6 Å². The number of hydrogen-bond donors (Lipinski definition) is 2. The first-order valence-corrected chi connectivity index (χ1v) is 9.58. The van der Waals surface area contributed by atoms with E-state index in [9.17, 15) is 14.4 Å². The predicted octanol–water partition coefficient (Wildman–Crippen LogP) is 2.38. The van der Waals surface area contributed by atoms with Crippen molar-refractivity contribution >= 4 is 17.8 Å². The van der Waals surface area contributed by atoms with Gasteiger partial charge in [-0.3, -0.25) is 14.5 Å². The second-order valence-corrected chi connectivity index (χ2v) is 7.19. The lowest BCUT2D eigenvalue weighted by Crippen LogP contribution is -2.40. The monoisotopic (exact) mass is 357 g/mol. The number of rotatable bonds is 6. The number of hydrogen-bond acceptors (Lipinski definition) is 3. The Kier molecular flexibility index (Phi) is 6.26. The molecule has 1 saturated heterocycles. The minimum absolute atomic E-state index is 0.0168. The van der Waals surface area contributed by atoms with Crippen LogP contribution in [-0.4, -0.2) is 41.4 Å². The molecule has 0 bridgehead atoms. The van der Waals surface area contributed by atoms with Gasteiger partial charge in [0.05, 0.1) is 6.42 Å². The second kappa shape index (κ2) is 8.83. The SMILES string of the molecule is O=C(CC1NC(=O)N(CCc2ccccc2)C1=O)NC1CCCCCC1. The standard InChI is InChI=1S/C20H27N3O3/c24-18(21-16-10-6-1-2-7-11-16)14-17-19(25)23(20(26)22-17)13-12-15-8-4-3-5-9-15/h3-5,8-9,16-17H,1-2,6-7,10-14H2,(H,21,24)(H,22,26). The number of nitrogens with zero attached hydrogens (tertiary/aromatic N) is 1. The van der Waals surface area contributed by atoms with Crippen LogP contribution in [0.15, 0.2) is 30.3 Å². The number of amides is 4. The lowest BCUT2D eigenvalue weighted by Gasteiger charge is -2.17. The normalized spacial score (nSPS) is 21.4. The van der Waals surface area contributed by atoms with Crippen molar-refractivity contribution < 1.29 is 14.4 Å². The van der Waals surface area contributed by atoms with Crippen LogP contribution in [0.5, 0.6) is 0 Å². The van der Waals surface area contributed by atoms with Crippen LogP contribution >= 0.6 is 0 Å². The quantitative estimate of drug-likeness (QED) is 0.606. The fraction of sp³-hybridized carbons (Fsp3) is 0.550. The average Bonchev–Trinajstić information content (AvgIpc) is 2.81. The summed E-state index contributed by atoms with van der Waals surface area (Å²) in [6, 6.07) is 8.78. The first-order valence-electron chi connectivity index (χ1n) is 9.58. The highest BCUT2D eigenvalue weighted by atomic mass is 16.2. The van der Waals surface area contributed by atoms with Gasteiger partial charge in [-0.2, -0.15) is 0 Å². The minimum atomic E-state index is -0.746. The zero-order chi connectivity index (χ0) is 18.4. The summed E-state index contributed by atoms with van der Waals surface area (Å²) in [4.78, 5) is 38.1. The molecule has 3 rings (SSSR count). The van der Waals surface area contributed by atoms with E-state index in [1.807, 2.05) is 30.3 Å². The largest absolute Gasteiger partial charge is 0.353 e. The molecule has 6 nitrogen and oxygen atoms in total. The van der Waals surface area contributed by atoms with Crippen LogP contribution in [0.4, 0.5) is 4.79 Å². The van der Waals surface area contributed by atoms with Gasteiger partial charge in [0.15, 0.2) is 0 Å². The molecule has 1 aliphatic carbocycles. The number of carbonyl (C=O) groups is 3. The molecule has 2 N–H and O–H groups in total. The molecule has 140 valence electrons. The Morgan fingerprint density at radius 2 is 1.77 bits per heavy atom. The van der Waals surface area contributed by atoms with Crippen molar-refractivity contribution in [1.29, 1.82) is 0 Å². The molecular weight excluding hydrogens is 330 g/mol. The highest BCUT2D eigenvalue weighted by Crippen LogP contribution is 2.18. The van der Waals surface area contributed by atoms with Gasteiger partial charge in [0.1, 0.15) is 6.04 Å². The maximum absolute atomic E-state index is 12.5. The van der Waals surface area contributed by atoms with E-state index in [0.717, 1.165) is 31.2 Å². The molecule has 1 unspecified atom stereocenters. The molecule has 1 heterocycles. The molecule has 26 heavy (non-hydrogen) atoms. The number of urea groups is 1. The van der Waals surface area contributed by atoms with Crippen molar-refractivity contribution in [2.75, 3.05) is 6.54 Å². The fourth-order valence-electron chi connectivity index (χ4n) is 3.71. The van der Waals surface area contributed by atoms with Crippen LogP contribution in [0.2, 0.25) is 0 Å². The first kappa shape index (κ1) is 18.4. The molecular formula is C20H27N3O3. The summed E-state index contributed by atoms with van der Waals surface area (Å²) in [6.45, 7) is 0.329. The van der Waals surface area contributed by atoms with Gasteiger partial charge in [-0.25, -0.2) is 4.79 Å². The molecule has 1 atom stereocenters. The maximum atomic E-state index is 12.5. The third-order valence-electron chi connectivity index (χ3n) is 5.18. The van der Waals surface area contributed by atoms with Gasteiger partial charge in [0.2, 0.25) is 5.91 Å². The van der Waals surface area contributed by atoms with E-state index < -0.39 is 12.1 Å². The van der Waals surface area contributed by atoms with E-state index in [1.54, 1.807) is 0 Å². The molecule has 2 fully saturated rings. The second-order valence-electron chi connectivity index (χ2n) is 7.19. The molecule has 1 aromatic rings. The number of nitrogens with one attached hydrogen (secondary N) is 2. The fourth-order valence-corrected chi connectivity index (χ4v) is 3.71. The molecule has 0 radical (unpaired) electrons. The molecule has 2 aliphatic rings. The summed E-state index contributed by atoms with van der Waals surface area (Å²) >= 11 is 0. The van der Waals surface area contributed by atoms with E-state index >= 15 is 0 Å². The Bertz CT molecular complexity index is 639. The lowest BCUT2D eigenvalue weighted by atomic mass is 10.1. The average molecular weight is 357 g/mol. The van der Waals surface area contributed by atoms with E-state index in [4.69, 9.17) is 0 Å². The van der Waals surface area contributed by atoms with Gasteiger partial charge in [-0.15, -0.1) is 0 Å². The Morgan fingerprint density at radius 1 is 1.08 bits per heavy atom. The van der Waals surface area contributed by atoms with Crippen LogP contribution in [0.1, 0.15) is 50.5 Å². The smallest absolute Gasteiger partial charge is 0.324 e. The molecule has 1 aliphatic heterocycles. The minimum Gasteiger partial charge on any atom is -0.353 e. The summed E-state index contributed by atoms with van der Waals surface area (Å²) in [6.07, 6.45) is 7.35. The lowest BCUT2D eigenvalue weighted by molar-refractivity contribution is -0.131. The van der Waals surface area contributed by atoms with Crippen molar-refractivity contribution in [3.05, 3.63) is 35.9 Å². The van der Waals surface area contributed by atoms with Crippen molar-refractivity contribution in [3.8, 4) is 0 Å². The van der Waals surface area contributed by atoms with Crippen molar-refractivity contribution in [3.63, 3.8) is 0 Å². The highest BCUT2D eigenvalue weighted by Gasteiger charge is 2.38. The summed E-state index contributed by atoms with van der Waals surface area (Å²) in [5.74, 6) is -0.456. The van der Waals surface area contributed by atoms with Crippen LogP contribution in [0, 0.1) is 0 Å². The predicted molar refractivity (Wildman–Crippen MR) is 98.4 cm³/mol. The summed E-state index contributed by atoms with van der Waals surface area (Å²) in [7, 11) is 0. The summed E-state index contributed by atoms with van der Waals surface area (Å²) in [5, 5.41) is 5.68. The van der Waals surface area contributed by atoms with Crippen molar-refractivity contribution in [2.45, 2.75) is 63.5 Å². The van der Waals surface area contributed by atoms with Gasteiger partial charge >= 0.3 is 6.03 Å². The molecule has 0 spiro atoms. The Labute approximate surface area is 154 Å². The van der Waals surface area contributed by atoms with Crippen molar-refractivity contribution in [2.24, 2.45) is 0 Å². The molecule has 1 saturated carbocycles. The molecule has 1 aromatic carbocycles. The van der Waals surface area contributed by atoms with Gasteiger partial charge in [-0.1, -0.05) is 56.0 Å². The Morgan fingerprint density at radius 3 is 2.46 bits per heavy atom. The van der Waals surface area contributed by atoms with E-state index in [0.29, 0.717) is 13.0 Å². The van der Waals surface area contributed by atoms with Gasteiger partial charge in [0.25, 0.3) is 5.91 Å². The van der Waals surface area contributed by atoms with E-state index in [-0.39, 0.29) is 24.3 Å². The van der Waals surface area contributed by atoms with Gasteiger partial charge in [-0.05, 0) is 24.8 Å². The third-order valence-corrected chi connectivity index (χ3v) is 5.18. The zero-order valence-electron chi connectivity index (χ0n) is 15.1. The van der Waals surface area contributed by atoms with E-state index in [2.05, 4.69) is 10.6 Å². The molecule has 6 heteroatoms. The van der Waals surface area contributed by atoms with Gasteiger partial charge < -0.3 is 10.6 Å². The maximum Gasteiger partial charge on any atom is 0.324 e. The Balaban J connectivity index is 1.49.